The standard InChI is InChI=1S/C14H18ClN3O2S/c1-12(11-18-9-2-7-17-18)16-8-10-21(19,20)14-5-3-13(15)4-6-14/h2-7,9,12,16H,8,10-11H2,1H3/t12-/m1/s1. The summed E-state index contributed by atoms with van der Waals surface area (Å²) >= 11 is 5.76. The van der Waals surface area contributed by atoms with Crippen LogP contribution < -0.4 is 5.32 Å². The Morgan fingerprint density at radius 2 is 2.05 bits per heavy atom. The number of sulfone groups is 1. The lowest BCUT2D eigenvalue weighted by Gasteiger charge is -2.14. The second kappa shape index (κ2) is 7.06. The first-order valence-electron chi connectivity index (χ1n) is 6.66. The van der Waals surface area contributed by atoms with Crippen molar-refractivity contribution < 1.29 is 8.42 Å². The molecule has 7 heteroatoms. The molecule has 0 saturated heterocycles. The van der Waals surface area contributed by atoms with E-state index in [0.29, 0.717) is 23.0 Å². The SMILES string of the molecule is C[C@H](Cn1cccn1)NCCS(=O)(=O)c1ccc(Cl)cc1. The summed E-state index contributed by atoms with van der Waals surface area (Å²) in [6.07, 6.45) is 3.60. The van der Waals surface area contributed by atoms with Gasteiger partial charge in [0.25, 0.3) is 0 Å². The molecule has 2 aromatic rings. The summed E-state index contributed by atoms with van der Waals surface area (Å²) in [5, 5.41) is 7.83. The molecule has 0 radical (unpaired) electrons. The maximum Gasteiger partial charge on any atom is 0.179 e. The van der Waals surface area contributed by atoms with Crippen LogP contribution in [0.25, 0.3) is 0 Å². The van der Waals surface area contributed by atoms with Crippen molar-refractivity contribution in [3.8, 4) is 0 Å². The predicted octanol–water partition coefficient (Wildman–Crippen LogP) is 1.99. The van der Waals surface area contributed by atoms with Crippen molar-refractivity contribution in [1.82, 2.24) is 15.1 Å². The van der Waals surface area contributed by atoms with Gasteiger partial charge in [-0.3, -0.25) is 4.68 Å². The molecule has 5 nitrogen and oxygen atoms in total. The van der Waals surface area contributed by atoms with Gasteiger partial charge in [0, 0.05) is 30.0 Å². The van der Waals surface area contributed by atoms with Crippen LogP contribution >= 0.6 is 11.6 Å². The molecule has 0 aliphatic carbocycles. The van der Waals surface area contributed by atoms with Crippen LogP contribution in [0.2, 0.25) is 5.02 Å². The van der Waals surface area contributed by atoms with E-state index in [9.17, 15) is 8.42 Å². The zero-order valence-corrected chi connectivity index (χ0v) is 13.3. The number of benzene rings is 1. The maximum atomic E-state index is 12.1. The van der Waals surface area contributed by atoms with Crippen molar-refractivity contribution in [2.75, 3.05) is 12.3 Å². The third kappa shape index (κ3) is 4.84. The number of aromatic nitrogens is 2. The number of rotatable bonds is 7. The minimum atomic E-state index is -3.28. The monoisotopic (exact) mass is 327 g/mol. The zero-order valence-electron chi connectivity index (χ0n) is 11.7. The van der Waals surface area contributed by atoms with Crippen LogP contribution in [0.4, 0.5) is 0 Å². The average Bonchev–Trinajstić information content (AvgIpc) is 2.91. The second-order valence-corrected chi connectivity index (χ2v) is 7.40. The lowest BCUT2D eigenvalue weighted by atomic mass is 10.3. The molecule has 1 aromatic heterocycles. The zero-order chi connectivity index (χ0) is 15.3. The quantitative estimate of drug-likeness (QED) is 0.844. The van der Waals surface area contributed by atoms with Crippen molar-refractivity contribution in [1.29, 1.82) is 0 Å². The van der Waals surface area contributed by atoms with Crippen LogP contribution in [0.3, 0.4) is 0 Å². The van der Waals surface area contributed by atoms with Crippen molar-refractivity contribution >= 4 is 21.4 Å². The van der Waals surface area contributed by atoms with Gasteiger partial charge in [0.2, 0.25) is 0 Å². The summed E-state index contributed by atoms with van der Waals surface area (Å²) < 4.78 is 26.1. The number of hydrogen-bond acceptors (Lipinski definition) is 4. The van der Waals surface area contributed by atoms with Gasteiger partial charge in [0.15, 0.2) is 9.84 Å². The number of halogens is 1. The molecule has 0 saturated carbocycles. The third-order valence-electron chi connectivity index (χ3n) is 3.06. The molecule has 0 unspecified atom stereocenters. The highest BCUT2D eigenvalue weighted by Crippen LogP contribution is 2.15. The second-order valence-electron chi connectivity index (χ2n) is 4.86. The Labute approximate surface area is 129 Å². The molecule has 0 aliphatic heterocycles. The summed E-state index contributed by atoms with van der Waals surface area (Å²) in [5.74, 6) is 0.0537. The summed E-state index contributed by atoms with van der Waals surface area (Å²) in [6, 6.07) is 8.24. The van der Waals surface area contributed by atoms with Crippen molar-refractivity contribution in [2.24, 2.45) is 0 Å². The minimum absolute atomic E-state index is 0.0537. The Hall–Kier alpha value is -1.37. The number of nitrogens with one attached hydrogen (secondary N) is 1. The summed E-state index contributed by atoms with van der Waals surface area (Å²) in [7, 11) is -3.28. The Bertz CT molecular complexity index is 654. The summed E-state index contributed by atoms with van der Waals surface area (Å²) in [4.78, 5) is 0.299. The van der Waals surface area contributed by atoms with Gasteiger partial charge < -0.3 is 5.32 Å². The largest absolute Gasteiger partial charge is 0.311 e. The Morgan fingerprint density at radius 1 is 1.33 bits per heavy atom. The maximum absolute atomic E-state index is 12.1. The summed E-state index contributed by atoms with van der Waals surface area (Å²) in [5.41, 5.74) is 0. The van der Waals surface area contributed by atoms with Gasteiger partial charge in [-0.05, 0) is 37.3 Å². The third-order valence-corrected chi connectivity index (χ3v) is 5.04. The normalized spacial score (nSPS) is 13.2. The van der Waals surface area contributed by atoms with Crippen LogP contribution in [0.15, 0.2) is 47.6 Å². The Balaban J connectivity index is 1.83. The highest BCUT2D eigenvalue weighted by Gasteiger charge is 2.14. The van der Waals surface area contributed by atoms with E-state index in [1.165, 1.54) is 12.1 Å². The fraction of sp³-hybridized carbons (Fsp3) is 0.357. The molecule has 0 aliphatic rings. The molecule has 1 N–H and O–H groups in total. The summed E-state index contributed by atoms with van der Waals surface area (Å²) in [6.45, 7) is 3.10. The van der Waals surface area contributed by atoms with Gasteiger partial charge in [-0.25, -0.2) is 8.42 Å². The number of nitrogens with zero attached hydrogens (tertiary/aromatic N) is 2. The molecular weight excluding hydrogens is 310 g/mol. The van der Waals surface area contributed by atoms with Crippen LogP contribution in [-0.4, -0.2) is 36.5 Å². The van der Waals surface area contributed by atoms with E-state index in [-0.39, 0.29) is 11.8 Å². The molecule has 0 amide bonds. The van der Waals surface area contributed by atoms with Gasteiger partial charge in [-0.2, -0.15) is 5.10 Å². The molecule has 2 rings (SSSR count). The topological polar surface area (TPSA) is 64.0 Å². The molecular formula is C14H18ClN3O2S. The van der Waals surface area contributed by atoms with Gasteiger partial charge in [0.05, 0.1) is 17.2 Å². The van der Waals surface area contributed by atoms with Crippen LogP contribution in [0.1, 0.15) is 6.92 Å². The molecule has 0 bridgehead atoms. The van der Waals surface area contributed by atoms with Crippen LogP contribution in [-0.2, 0) is 16.4 Å². The molecule has 1 atom stereocenters. The van der Waals surface area contributed by atoms with E-state index in [4.69, 9.17) is 11.6 Å². The highest BCUT2D eigenvalue weighted by molar-refractivity contribution is 7.91. The van der Waals surface area contributed by atoms with E-state index < -0.39 is 9.84 Å². The fourth-order valence-electron chi connectivity index (χ4n) is 1.95. The van der Waals surface area contributed by atoms with E-state index >= 15 is 0 Å². The number of hydrogen-bond donors (Lipinski definition) is 1. The van der Waals surface area contributed by atoms with Gasteiger partial charge in [-0.15, -0.1) is 0 Å². The van der Waals surface area contributed by atoms with Crippen LogP contribution in [0.5, 0.6) is 0 Å². The highest BCUT2D eigenvalue weighted by atomic mass is 35.5. The smallest absolute Gasteiger partial charge is 0.179 e. The van der Waals surface area contributed by atoms with Gasteiger partial charge >= 0.3 is 0 Å². The predicted molar refractivity (Wildman–Crippen MR) is 83.2 cm³/mol. The van der Waals surface area contributed by atoms with Crippen molar-refractivity contribution in [3.05, 3.63) is 47.7 Å². The first kappa shape index (κ1) is 16.0. The van der Waals surface area contributed by atoms with E-state index in [1.54, 1.807) is 18.3 Å². The van der Waals surface area contributed by atoms with Crippen LogP contribution in [0, 0.1) is 0 Å². The molecule has 114 valence electrons. The van der Waals surface area contributed by atoms with E-state index in [2.05, 4.69) is 10.4 Å². The lowest BCUT2D eigenvalue weighted by Crippen LogP contribution is -2.34. The Kier molecular flexibility index (Phi) is 5.39. The molecule has 0 spiro atoms. The molecule has 1 aromatic carbocycles. The van der Waals surface area contributed by atoms with E-state index in [0.717, 1.165) is 0 Å². The molecule has 21 heavy (non-hydrogen) atoms. The first-order chi connectivity index (χ1) is 9.97. The van der Waals surface area contributed by atoms with Gasteiger partial charge in [0.1, 0.15) is 0 Å². The average molecular weight is 328 g/mol. The molecule has 0 fully saturated rings. The van der Waals surface area contributed by atoms with Crippen molar-refractivity contribution in [2.45, 2.75) is 24.4 Å². The fourth-order valence-corrected chi connectivity index (χ4v) is 3.25. The van der Waals surface area contributed by atoms with Crippen molar-refractivity contribution in [3.63, 3.8) is 0 Å². The van der Waals surface area contributed by atoms with E-state index in [1.807, 2.05) is 23.9 Å². The Morgan fingerprint density at radius 3 is 2.67 bits per heavy atom. The molecule has 1 heterocycles. The van der Waals surface area contributed by atoms with Gasteiger partial charge in [-0.1, -0.05) is 11.6 Å². The first-order valence-corrected chi connectivity index (χ1v) is 8.69. The lowest BCUT2D eigenvalue weighted by molar-refractivity contribution is 0.461. The minimum Gasteiger partial charge on any atom is -0.311 e.